The van der Waals surface area contributed by atoms with Crippen LogP contribution in [0.1, 0.15) is 50.6 Å². The molecular formula is C29H24N2O8. The number of hydrogen-bond donors (Lipinski definition) is 1. The van der Waals surface area contributed by atoms with Crippen molar-refractivity contribution in [2.24, 2.45) is 0 Å². The third-order valence-electron chi connectivity index (χ3n) is 6.71. The summed E-state index contributed by atoms with van der Waals surface area (Å²) in [5, 5.41) is 2.82. The highest BCUT2D eigenvalue weighted by molar-refractivity contribution is 6.20. The van der Waals surface area contributed by atoms with Gasteiger partial charge in [-0.25, -0.2) is 14.4 Å². The van der Waals surface area contributed by atoms with Crippen LogP contribution in [-0.2, 0) is 23.9 Å². The molecule has 0 bridgehead atoms. The molecule has 2 aliphatic rings. The van der Waals surface area contributed by atoms with E-state index in [1.165, 1.54) is 12.1 Å². The van der Waals surface area contributed by atoms with Gasteiger partial charge in [0.2, 0.25) is 0 Å². The standard InChI is InChI=1S/C29H24N2O8/c1-37-28(35)24(14-15-25(32)39-31-26(33)21-12-6-7-13-22(21)27(31)34)30-29(36)38-16-23-19-10-4-2-8-17(19)18-9-3-5-11-20(18)23/h2-13,23-24H,14-16H2,1H3,(H,30,36). The molecule has 0 saturated heterocycles. The Hall–Kier alpha value is -4.99. The van der Waals surface area contributed by atoms with Crippen LogP contribution in [0.2, 0.25) is 0 Å². The zero-order valence-corrected chi connectivity index (χ0v) is 20.9. The fourth-order valence-corrected chi connectivity index (χ4v) is 4.83. The van der Waals surface area contributed by atoms with Crippen molar-refractivity contribution < 1.29 is 38.3 Å². The van der Waals surface area contributed by atoms with E-state index < -0.39 is 42.3 Å². The predicted molar refractivity (Wildman–Crippen MR) is 136 cm³/mol. The molecule has 1 heterocycles. The molecule has 1 aliphatic heterocycles. The highest BCUT2D eigenvalue weighted by atomic mass is 16.7. The van der Waals surface area contributed by atoms with Gasteiger partial charge in [0.15, 0.2) is 0 Å². The summed E-state index contributed by atoms with van der Waals surface area (Å²) in [4.78, 5) is 67.1. The number of hydroxylamine groups is 2. The maximum absolute atomic E-state index is 12.6. The lowest BCUT2D eigenvalue weighted by molar-refractivity contribution is -0.168. The number of benzene rings is 3. The molecule has 5 rings (SSSR count). The molecule has 1 N–H and O–H groups in total. The number of fused-ring (bicyclic) bond motifs is 4. The molecule has 10 nitrogen and oxygen atoms in total. The highest BCUT2D eigenvalue weighted by Crippen LogP contribution is 2.44. The Kier molecular flexibility index (Phi) is 7.09. The molecule has 0 aromatic heterocycles. The van der Waals surface area contributed by atoms with E-state index in [1.54, 1.807) is 12.1 Å². The Labute approximate surface area is 223 Å². The lowest BCUT2D eigenvalue weighted by atomic mass is 9.98. The van der Waals surface area contributed by atoms with Gasteiger partial charge in [0.25, 0.3) is 11.8 Å². The quantitative estimate of drug-likeness (QED) is 0.347. The fourth-order valence-electron chi connectivity index (χ4n) is 4.83. The average molecular weight is 529 g/mol. The molecule has 0 spiro atoms. The van der Waals surface area contributed by atoms with E-state index >= 15 is 0 Å². The van der Waals surface area contributed by atoms with E-state index in [2.05, 4.69) is 5.32 Å². The van der Waals surface area contributed by atoms with Crippen molar-refractivity contribution in [2.75, 3.05) is 13.7 Å². The maximum Gasteiger partial charge on any atom is 0.407 e. The van der Waals surface area contributed by atoms with Gasteiger partial charge >= 0.3 is 18.0 Å². The normalized spacial score (nSPS) is 14.2. The molecule has 1 unspecified atom stereocenters. The van der Waals surface area contributed by atoms with Gasteiger partial charge in [-0.3, -0.25) is 9.59 Å². The van der Waals surface area contributed by atoms with Crippen molar-refractivity contribution in [1.29, 1.82) is 0 Å². The van der Waals surface area contributed by atoms with Crippen LogP contribution >= 0.6 is 0 Å². The molecule has 3 amide bonds. The first-order valence-corrected chi connectivity index (χ1v) is 12.3. The SMILES string of the molecule is COC(=O)C(CCC(=O)ON1C(=O)c2ccccc2C1=O)NC(=O)OCC1c2ccccc2-c2ccccc21. The summed E-state index contributed by atoms with van der Waals surface area (Å²) in [6.07, 6.45) is -1.46. The Morgan fingerprint density at radius 3 is 1.87 bits per heavy atom. The van der Waals surface area contributed by atoms with E-state index in [9.17, 15) is 24.0 Å². The van der Waals surface area contributed by atoms with Crippen molar-refractivity contribution in [1.82, 2.24) is 10.4 Å². The van der Waals surface area contributed by atoms with Crippen molar-refractivity contribution in [3.63, 3.8) is 0 Å². The van der Waals surface area contributed by atoms with Crippen LogP contribution in [0.4, 0.5) is 4.79 Å². The molecular weight excluding hydrogens is 504 g/mol. The zero-order valence-electron chi connectivity index (χ0n) is 20.9. The summed E-state index contributed by atoms with van der Waals surface area (Å²) >= 11 is 0. The highest BCUT2D eigenvalue weighted by Gasteiger charge is 2.39. The minimum atomic E-state index is -1.22. The van der Waals surface area contributed by atoms with Gasteiger partial charge in [-0.2, -0.15) is 0 Å². The first kappa shape index (κ1) is 25.7. The Balaban J connectivity index is 1.17. The lowest BCUT2D eigenvalue weighted by Gasteiger charge is -2.19. The number of ether oxygens (including phenoxy) is 2. The monoisotopic (exact) mass is 528 g/mol. The molecule has 10 heteroatoms. The van der Waals surface area contributed by atoms with Crippen molar-refractivity contribution in [3.8, 4) is 11.1 Å². The second kappa shape index (κ2) is 10.8. The minimum absolute atomic E-state index is 0.0372. The number of amides is 3. The summed E-state index contributed by atoms with van der Waals surface area (Å²) in [5.41, 5.74) is 4.47. The summed E-state index contributed by atoms with van der Waals surface area (Å²) in [6.45, 7) is 0.0372. The van der Waals surface area contributed by atoms with Crippen LogP contribution in [0.15, 0.2) is 72.8 Å². The molecule has 3 aromatic rings. The maximum atomic E-state index is 12.6. The molecule has 39 heavy (non-hydrogen) atoms. The van der Waals surface area contributed by atoms with Crippen LogP contribution in [-0.4, -0.2) is 54.7 Å². The Bertz CT molecular complexity index is 1400. The summed E-state index contributed by atoms with van der Waals surface area (Å²) < 4.78 is 10.2. The van der Waals surface area contributed by atoms with E-state index in [1.807, 2.05) is 48.5 Å². The van der Waals surface area contributed by atoms with E-state index in [4.69, 9.17) is 14.3 Å². The molecule has 198 valence electrons. The molecule has 0 fully saturated rings. The first-order valence-electron chi connectivity index (χ1n) is 12.3. The summed E-state index contributed by atoms with van der Waals surface area (Å²) in [6, 6.07) is 20.6. The zero-order chi connectivity index (χ0) is 27.5. The van der Waals surface area contributed by atoms with E-state index in [-0.39, 0.29) is 30.1 Å². The third-order valence-corrected chi connectivity index (χ3v) is 6.71. The number of carbonyl (C=O) groups is 5. The number of hydrogen-bond acceptors (Lipinski definition) is 8. The van der Waals surface area contributed by atoms with Crippen LogP contribution in [0.3, 0.4) is 0 Å². The second-order valence-corrected chi connectivity index (χ2v) is 9.00. The number of alkyl carbamates (subject to hydrolysis) is 1. The number of carbonyl (C=O) groups excluding carboxylic acids is 5. The largest absolute Gasteiger partial charge is 0.467 e. The summed E-state index contributed by atoms with van der Waals surface area (Å²) in [7, 11) is 1.14. The minimum Gasteiger partial charge on any atom is -0.467 e. The van der Waals surface area contributed by atoms with Gasteiger partial charge in [0, 0.05) is 5.92 Å². The number of esters is 1. The number of nitrogens with one attached hydrogen (secondary N) is 1. The topological polar surface area (TPSA) is 128 Å². The van der Waals surface area contributed by atoms with Gasteiger partial charge in [-0.05, 0) is 40.8 Å². The second-order valence-electron chi connectivity index (χ2n) is 9.00. The average Bonchev–Trinajstić information content (AvgIpc) is 3.41. The van der Waals surface area contributed by atoms with Crippen molar-refractivity contribution in [3.05, 3.63) is 95.1 Å². The van der Waals surface area contributed by atoms with Crippen molar-refractivity contribution >= 4 is 29.8 Å². The Morgan fingerprint density at radius 2 is 1.33 bits per heavy atom. The van der Waals surface area contributed by atoms with Gasteiger partial charge in [-0.1, -0.05) is 65.7 Å². The fraction of sp³-hybridized carbons (Fsp3) is 0.207. The lowest BCUT2D eigenvalue weighted by Crippen LogP contribution is -2.42. The van der Waals surface area contributed by atoms with Crippen molar-refractivity contribution in [2.45, 2.75) is 24.8 Å². The van der Waals surface area contributed by atoms with E-state index in [0.717, 1.165) is 29.4 Å². The van der Waals surface area contributed by atoms with Crippen LogP contribution in [0.25, 0.3) is 11.1 Å². The molecule has 0 saturated carbocycles. The third kappa shape index (κ3) is 4.96. The van der Waals surface area contributed by atoms with Gasteiger partial charge < -0.3 is 19.6 Å². The van der Waals surface area contributed by atoms with E-state index in [0.29, 0.717) is 5.06 Å². The first-order chi connectivity index (χ1) is 18.9. The molecule has 3 aromatic carbocycles. The van der Waals surface area contributed by atoms with Crippen LogP contribution in [0, 0.1) is 0 Å². The van der Waals surface area contributed by atoms with Crippen LogP contribution < -0.4 is 5.32 Å². The number of rotatable bonds is 8. The molecule has 0 radical (unpaired) electrons. The number of imide groups is 1. The smallest absolute Gasteiger partial charge is 0.407 e. The number of nitrogens with zero attached hydrogens (tertiary/aromatic N) is 1. The van der Waals surface area contributed by atoms with Gasteiger partial charge in [-0.15, -0.1) is 0 Å². The Morgan fingerprint density at radius 1 is 0.821 bits per heavy atom. The molecule has 1 aliphatic carbocycles. The van der Waals surface area contributed by atoms with Crippen LogP contribution in [0.5, 0.6) is 0 Å². The predicted octanol–water partition coefficient (Wildman–Crippen LogP) is 3.60. The molecule has 1 atom stereocenters. The van der Waals surface area contributed by atoms with Gasteiger partial charge in [0.1, 0.15) is 12.6 Å². The summed E-state index contributed by atoms with van der Waals surface area (Å²) in [5.74, 6) is -3.42. The van der Waals surface area contributed by atoms with Gasteiger partial charge in [0.05, 0.1) is 24.7 Å². The number of methoxy groups -OCH3 is 1.